The maximum atomic E-state index is 13.8. The standard InChI is InChI=1S/C28H25ClFN7O3S/c1-28(2,3)22-13-23(37(36-22)15-5-7-18(30)17(29)11-15)34-27(39)33-19-8-6-16(12-21(19)41-4)40-20-9-10-31-26-25(20)32-14-24(38)35-26/h5-14H,1-4H3,(H,31,35,38)(H2,33,34,39). The van der Waals surface area contributed by atoms with Crippen LogP contribution in [0.5, 0.6) is 11.5 Å². The number of nitrogens with zero attached hydrogens (tertiary/aromatic N) is 4. The number of nitrogens with one attached hydrogen (secondary N) is 3. The van der Waals surface area contributed by atoms with Crippen molar-refractivity contribution in [3.63, 3.8) is 0 Å². The van der Waals surface area contributed by atoms with Crippen LogP contribution >= 0.6 is 23.4 Å². The van der Waals surface area contributed by atoms with Gasteiger partial charge < -0.3 is 15.0 Å². The first kappa shape index (κ1) is 28.1. The van der Waals surface area contributed by atoms with Crippen LogP contribution < -0.4 is 20.9 Å². The Morgan fingerprint density at radius 1 is 1.10 bits per heavy atom. The zero-order chi connectivity index (χ0) is 29.3. The first-order valence-corrected chi connectivity index (χ1v) is 14.0. The minimum atomic E-state index is -0.550. The largest absolute Gasteiger partial charge is 0.455 e. The first-order chi connectivity index (χ1) is 19.5. The molecule has 5 rings (SSSR count). The highest BCUT2D eigenvalue weighted by Crippen LogP contribution is 2.34. The fourth-order valence-corrected chi connectivity index (χ4v) is 4.64. The Morgan fingerprint density at radius 2 is 1.90 bits per heavy atom. The molecule has 3 heterocycles. The summed E-state index contributed by atoms with van der Waals surface area (Å²) in [6, 6.07) is 12.3. The third-order valence-electron chi connectivity index (χ3n) is 5.96. The summed E-state index contributed by atoms with van der Waals surface area (Å²) in [5.74, 6) is 0.754. The Morgan fingerprint density at radius 3 is 2.63 bits per heavy atom. The van der Waals surface area contributed by atoms with Gasteiger partial charge in [-0.25, -0.2) is 23.8 Å². The van der Waals surface area contributed by atoms with Crippen LogP contribution in [0, 0.1) is 5.82 Å². The Bertz CT molecular complexity index is 1830. The zero-order valence-electron chi connectivity index (χ0n) is 22.5. The van der Waals surface area contributed by atoms with E-state index in [1.807, 2.05) is 27.0 Å². The maximum Gasteiger partial charge on any atom is 0.324 e. The van der Waals surface area contributed by atoms with Crippen molar-refractivity contribution in [1.29, 1.82) is 0 Å². The van der Waals surface area contributed by atoms with Gasteiger partial charge in [0.1, 0.15) is 22.9 Å². The number of ether oxygens (including phenoxy) is 1. The van der Waals surface area contributed by atoms with Gasteiger partial charge in [-0.1, -0.05) is 32.4 Å². The maximum absolute atomic E-state index is 13.8. The average Bonchev–Trinajstić information content (AvgIpc) is 3.35. The molecule has 0 aliphatic carbocycles. The number of amides is 2. The molecule has 2 aromatic carbocycles. The molecule has 10 nitrogen and oxygen atoms in total. The molecular formula is C28H25ClFN7O3S. The molecule has 0 fully saturated rings. The first-order valence-electron chi connectivity index (χ1n) is 12.4. The van der Waals surface area contributed by atoms with Gasteiger partial charge >= 0.3 is 6.03 Å². The van der Waals surface area contributed by atoms with E-state index in [1.165, 1.54) is 40.8 Å². The van der Waals surface area contributed by atoms with E-state index in [0.717, 1.165) is 16.8 Å². The number of hydrogen-bond acceptors (Lipinski definition) is 7. The molecule has 0 spiro atoms. The monoisotopic (exact) mass is 593 g/mol. The van der Waals surface area contributed by atoms with E-state index in [9.17, 15) is 14.0 Å². The lowest BCUT2D eigenvalue weighted by atomic mass is 9.92. The number of halogens is 2. The molecule has 0 atom stereocenters. The molecule has 0 saturated heterocycles. The van der Waals surface area contributed by atoms with Crippen molar-refractivity contribution in [3.05, 3.63) is 87.8 Å². The summed E-state index contributed by atoms with van der Waals surface area (Å²) >= 11 is 7.43. The minimum Gasteiger partial charge on any atom is -0.455 e. The highest BCUT2D eigenvalue weighted by Gasteiger charge is 2.22. The molecule has 3 aromatic heterocycles. The zero-order valence-corrected chi connectivity index (χ0v) is 24.0. The van der Waals surface area contributed by atoms with Gasteiger partial charge in [-0.15, -0.1) is 11.8 Å². The summed E-state index contributed by atoms with van der Waals surface area (Å²) in [6.07, 6.45) is 4.55. The highest BCUT2D eigenvalue weighted by atomic mass is 35.5. The number of H-pyrrole nitrogens is 1. The van der Waals surface area contributed by atoms with E-state index < -0.39 is 11.8 Å². The van der Waals surface area contributed by atoms with Gasteiger partial charge in [0.15, 0.2) is 11.4 Å². The van der Waals surface area contributed by atoms with E-state index in [0.29, 0.717) is 39.9 Å². The number of aromatic nitrogens is 5. The molecule has 3 N–H and O–H groups in total. The lowest BCUT2D eigenvalue weighted by Crippen LogP contribution is -2.21. The van der Waals surface area contributed by atoms with E-state index in [1.54, 1.807) is 30.3 Å². The van der Waals surface area contributed by atoms with Crippen LogP contribution in [-0.2, 0) is 5.41 Å². The van der Waals surface area contributed by atoms with E-state index >= 15 is 0 Å². The second-order valence-electron chi connectivity index (χ2n) is 9.97. The Hall–Kier alpha value is -4.42. The molecule has 2 amide bonds. The average molecular weight is 594 g/mol. The van der Waals surface area contributed by atoms with Gasteiger partial charge in [0, 0.05) is 28.6 Å². The smallest absolute Gasteiger partial charge is 0.324 e. The number of carbonyl (C=O) groups is 1. The topological polar surface area (TPSA) is 127 Å². The molecule has 0 radical (unpaired) electrons. The predicted octanol–water partition coefficient (Wildman–Crippen LogP) is 6.75. The predicted molar refractivity (Wildman–Crippen MR) is 158 cm³/mol. The third kappa shape index (κ3) is 6.18. The summed E-state index contributed by atoms with van der Waals surface area (Å²) in [5.41, 5.74) is 1.82. The van der Waals surface area contributed by atoms with Crippen molar-refractivity contribution in [3.8, 4) is 17.2 Å². The number of aromatic amines is 1. The summed E-state index contributed by atoms with van der Waals surface area (Å²) in [7, 11) is 0. The Labute approximate surface area is 243 Å². The summed E-state index contributed by atoms with van der Waals surface area (Å²) in [4.78, 5) is 36.3. The Balaban J connectivity index is 1.38. The number of hydrogen-bond donors (Lipinski definition) is 3. The van der Waals surface area contributed by atoms with Crippen LogP contribution in [-0.4, -0.2) is 37.0 Å². The lowest BCUT2D eigenvalue weighted by molar-refractivity contribution is 0.262. The lowest BCUT2D eigenvalue weighted by Gasteiger charge is -2.14. The SMILES string of the molecule is CSc1cc(Oc2ccnc3[nH]c(=O)cnc23)ccc1NC(=O)Nc1cc(C(C)(C)C)nn1-c1ccc(F)c(Cl)c1. The summed E-state index contributed by atoms with van der Waals surface area (Å²) in [5, 5.41) is 10.3. The van der Waals surface area contributed by atoms with Crippen LogP contribution in [0.25, 0.3) is 16.9 Å². The van der Waals surface area contributed by atoms with Crippen molar-refractivity contribution in [2.24, 2.45) is 0 Å². The van der Waals surface area contributed by atoms with E-state index in [2.05, 4.69) is 30.7 Å². The number of urea groups is 1. The minimum absolute atomic E-state index is 0.0542. The summed E-state index contributed by atoms with van der Waals surface area (Å²) in [6.45, 7) is 6.00. The van der Waals surface area contributed by atoms with Gasteiger partial charge in [0.2, 0.25) is 0 Å². The number of thioether (sulfide) groups is 1. The quantitative estimate of drug-likeness (QED) is 0.186. The molecule has 210 valence electrons. The van der Waals surface area contributed by atoms with Crippen LogP contribution in [0.3, 0.4) is 0 Å². The van der Waals surface area contributed by atoms with Crippen molar-refractivity contribution in [2.45, 2.75) is 31.1 Å². The second-order valence-corrected chi connectivity index (χ2v) is 11.2. The molecule has 5 aromatic rings. The third-order valence-corrected chi connectivity index (χ3v) is 7.02. The van der Waals surface area contributed by atoms with Gasteiger partial charge in [0.25, 0.3) is 5.56 Å². The summed E-state index contributed by atoms with van der Waals surface area (Å²) < 4.78 is 21.3. The van der Waals surface area contributed by atoms with Crippen LogP contribution in [0.15, 0.2) is 70.6 Å². The second kappa shape index (κ2) is 11.2. The van der Waals surface area contributed by atoms with Gasteiger partial charge in [0.05, 0.1) is 28.3 Å². The van der Waals surface area contributed by atoms with E-state index in [4.69, 9.17) is 16.3 Å². The number of carbonyl (C=O) groups excluding carboxylic acids is 1. The molecule has 0 aliphatic rings. The molecule has 0 bridgehead atoms. The van der Waals surface area contributed by atoms with Crippen LogP contribution in [0.4, 0.5) is 20.7 Å². The molecule has 41 heavy (non-hydrogen) atoms. The van der Waals surface area contributed by atoms with Crippen LogP contribution in [0.2, 0.25) is 5.02 Å². The van der Waals surface area contributed by atoms with Crippen molar-refractivity contribution in [1.82, 2.24) is 24.7 Å². The van der Waals surface area contributed by atoms with Crippen molar-refractivity contribution >= 4 is 52.1 Å². The molecule has 0 unspecified atom stereocenters. The Kier molecular flexibility index (Phi) is 7.70. The van der Waals surface area contributed by atoms with Crippen LogP contribution in [0.1, 0.15) is 26.5 Å². The fourth-order valence-electron chi connectivity index (χ4n) is 3.89. The molecule has 13 heteroatoms. The van der Waals surface area contributed by atoms with Gasteiger partial charge in [-0.05, 0) is 42.7 Å². The number of anilines is 2. The van der Waals surface area contributed by atoms with Gasteiger partial charge in [-0.3, -0.25) is 10.1 Å². The fraction of sp³-hybridized carbons (Fsp3) is 0.179. The number of pyridine rings is 1. The normalized spacial score (nSPS) is 11.5. The number of fused-ring (bicyclic) bond motifs is 1. The van der Waals surface area contributed by atoms with Crippen molar-refractivity contribution in [2.75, 3.05) is 16.9 Å². The van der Waals surface area contributed by atoms with Crippen molar-refractivity contribution < 1.29 is 13.9 Å². The molecule has 0 aliphatic heterocycles. The molecular weight excluding hydrogens is 569 g/mol. The number of rotatable bonds is 6. The van der Waals surface area contributed by atoms with Gasteiger partial charge in [-0.2, -0.15) is 5.10 Å². The van der Waals surface area contributed by atoms with E-state index in [-0.39, 0.29) is 16.0 Å². The highest BCUT2D eigenvalue weighted by molar-refractivity contribution is 7.98. The number of benzene rings is 2. The molecule has 0 saturated carbocycles.